The second-order valence-corrected chi connectivity index (χ2v) is 10.6. The fourth-order valence-corrected chi connectivity index (χ4v) is 6.17. The van der Waals surface area contributed by atoms with Crippen molar-refractivity contribution >= 4 is 45.3 Å². The molecular formula is C28H32N4O3S. The molecule has 2 fully saturated rings. The van der Waals surface area contributed by atoms with Gasteiger partial charge in [0.25, 0.3) is 0 Å². The molecular weight excluding hydrogens is 472 g/mol. The van der Waals surface area contributed by atoms with E-state index >= 15 is 0 Å². The summed E-state index contributed by atoms with van der Waals surface area (Å²) in [6.45, 7) is 0.526. The number of hydrogen-bond acceptors (Lipinski definition) is 5. The number of carbonyl (C=O) groups is 2. The molecule has 2 aliphatic rings. The molecule has 36 heavy (non-hydrogen) atoms. The van der Waals surface area contributed by atoms with E-state index in [2.05, 4.69) is 10.3 Å². The number of carbonyl (C=O) groups excluding carboxylic acids is 2. The van der Waals surface area contributed by atoms with Crippen LogP contribution in [-0.2, 0) is 16.0 Å². The first-order valence-corrected chi connectivity index (χ1v) is 13.5. The van der Waals surface area contributed by atoms with Crippen LogP contribution in [0.15, 0.2) is 59.7 Å². The number of hydrogen-bond donors (Lipinski definition) is 2. The number of aromatic amines is 1. The average molecular weight is 505 g/mol. The van der Waals surface area contributed by atoms with E-state index in [9.17, 15) is 9.59 Å². The second-order valence-electron chi connectivity index (χ2n) is 9.39. The van der Waals surface area contributed by atoms with Crippen molar-refractivity contribution in [2.75, 3.05) is 19.0 Å². The van der Waals surface area contributed by atoms with Gasteiger partial charge < -0.3 is 15.0 Å². The number of benzene rings is 2. The minimum atomic E-state index is -0.459. The Kier molecular flexibility index (Phi) is 7.60. The normalized spacial score (nSPS) is 19.8. The number of ether oxygens (including phenoxy) is 1. The third-order valence-corrected chi connectivity index (χ3v) is 8.08. The predicted molar refractivity (Wildman–Crippen MR) is 146 cm³/mol. The maximum Gasteiger partial charge on any atom is 0.242 e. The van der Waals surface area contributed by atoms with E-state index in [1.165, 1.54) is 31.0 Å². The first-order valence-electron chi connectivity index (χ1n) is 12.7. The van der Waals surface area contributed by atoms with Gasteiger partial charge in [-0.25, -0.2) is 0 Å². The van der Waals surface area contributed by atoms with Crippen LogP contribution in [0.2, 0.25) is 0 Å². The van der Waals surface area contributed by atoms with Crippen LogP contribution in [0.25, 0.3) is 10.9 Å². The van der Waals surface area contributed by atoms with Crippen molar-refractivity contribution in [3.05, 3.63) is 60.3 Å². The van der Waals surface area contributed by atoms with Crippen molar-refractivity contribution in [2.45, 2.75) is 56.2 Å². The lowest BCUT2D eigenvalue weighted by atomic mass is 9.96. The highest BCUT2D eigenvalue weighted by molar-refractivity contribution is 8.15. The zero-order valence-electron chi connectivity index (χ0n) is 20.5. The number of thioether (sulfide) groups is 1. The quantitative estimate of drug-likeness (QED) is 0.431. The van der Waals surface area contributed by atoms with E-state index in [1.807, 2.05) is 54.7 Å². The molecule has 8 heteroatoms. The first-order chi connectivity index (χ1) is 17.6. The van der Waals surface area contributed by atoms with Crippen LogP contribution in [-0.4, -0.2) is 51.8 Å². The molecule has 0 bridgehead atoms. The fourth-order valence-electron chi connectivity index (χ4n) is 4.94. The van der Waals surface area contributed by atoms with Gasteiger partial charge in [0.15, 0.2) is 5.17 Å². The SMILES string of the molecule is COc1ccc2[nH]cc(CCN3C(=O)[C@H](CC(=O)Nc4ccccc4)SC3=NC3CCCCC3)c2c1. The van der Waals surface area contributed by atoms with Crippen LogP contribution < -0.4 is 10.1 Å². The van der Waals surface area contributed by atoms with Crippen molar-refractivity contribution in [2.24, 2.45) is 4.99 Å². The van der Waals surface area contributed by atoms with E-state index in [0.717, 1.165) is 45.9 Å². The summed E-state index contributed by atoms with van der Waals surface area (Å²) in [5.74, 6) is 0.616. The van der Waals surface area contributed by atoms with Crippen molar-refractivity contribution in [1.82, 2.24) is 9.88 Å². The zero-order valence-corrected chi connectivity index (χ0v) is 21.4. The number of fused-ring (bicyclic) bond motifs is 1. The van der Waals surface area contributed by atoms with Gasteiger partial charge in [-0.15, -0.1) is 0 Å². The highest BCUT2D eigenvalue weighted by Crippen LogP contribution is 2.33. The highest BCUT2D eigenvalue weighted by atomic mass is 32.2. The number of anilines is 1. The van der Waals surface area contributed by atoms with E-state index in [4.69, 9.17) is 9.73 Å². The minimum Gasteiger partial charge on any atom is -0.497 e. The summed E-state index contributed by atoms with van der Waals surface area (Å²) in [5, 5.41) is 4.31. The molecule has 1 saturated heterocycles. The van der Waals surface area contributed by atoms with E-state index in [-0.39, 0.29) is 24.3 Å². The molecule has 7 nitrogen and oxygen atoms in total. The van der Waals surface area contributed by atoms with Gasteiger partial charge in [-0.2, -0.15) is 0 Å². The maximum absolute atomic E-state index is 13.5. The lowest BCUT2D eigenvalue weighted by Gasteiger charge is -2.21. The third kappa shape index (κ3) is 5.59. The minimum absolute atomic E-state index is 0.0322. The third-order valence-electron chi connectivity index (χ3n) is 6.90. The highest BCUT2D eigenvalue weighted by Gasteiger charge is 2.39. The number of rotatable bonds is 8. The lowest BCUT2D eigenvalue weighted by Crippen LogP contribution is -2.35. The van der Waals surface area contributed by atoms with Crippen LogP contribution in [0.4, 0.5) is 5.69 Å². The topological polar surface area (TPSA) is 86.8 Å². The fraction of sp³-hybridized carbons (Fsp3) is 0.393. The molecule has 188 valence electrons. The monoisotopic (exact) mass is 504 g/mol. The smallest absolute Gasteiger partial charge is 0.242 e. The predicted octanol–water partition coefficient (Wildman–Crippen LogP) is 5.38. The molecule has 0 unspecified atom stereocenters. The molecule has 2 N–H and O–H groups in total. The van der Waals surface area contributed by atoms with Gasteiger partial charge in [-0.3, -0.25) is 19.5 Å². The molecule has 2 amide bonds. The number of nitrogens with one attached hydrogen (secondary N) is 2. The summed E-state index contributed by atoms with van der Waals surface area (Å²) in [7, 11) is 1.66. The summed E-state index contributed by atoms with van der Waals surface area (Å²) >= 11 is 1.44. The standard InChI is InChI=1S/C28H32N4O3S/c1-35-22-12-13-24-23(16-22)19(18-29-24)14-15-32-27(34)25(17-26(33)30-20-8-4-2-5-9-20)36-28(32)31-21-10-6-3-7-11-21/h2,4-5,8-9,12-13,16,18,21,25,29H,3,6-7,10-11,14-15,17H2,1H3,(H,30,33)/t25-/m0/s1. The summed E-state index contributed by atoms with van der Waals surface area (Å²) in [4.78, 5) is 36.3. The zero-order chi connectivity index (χ0) is 24.9. The van der Waals surface area contributed by atoms with E-state index in [0.29, 0.717) is 13.0 Å². The molecule has 0 radical (unpaired) electrons. The van der Waals surface area contributed by atoms with Gasteiger partial charge in [0.05, 0.1) is 13.2 Å². The van der Waals surface area contributed by atoms with Gasteiger partial charge in [-0.1, -0.05) is 49.2 Å². The number of amides is 2. The van der Waals surface area contributed by atoms with Crippen LogP contribution in [0, 0.1) is 0 Å². The van der Waals surface area contributed by atoms with Crippen molar-refractivity contribution in [3.63, 3.8) is 0 Å². The summed E-state index contributed by atoms with van der Waals surface area (Å²) in [6, 6.07) is 15.6. The number of nitrogens with zero attached hydrogens (tertiary/aromatic N) is 2. The Morgan fingerprint density at radius 2 is 1.97 bits per heavy atom. The van der Waals surface area contributed by atoms with Gasteiger partial charge in [0, 0.05) is 35.8 Å². The van der Waals surface area contributed by atoms with Gasteiger partial charge in [0.2, 0.25) is 11.8 Å². The molecule has 2 heterocycles. The van der Waals surface area contributed by atoms with Gasteiger partial charge in [0.1, 0.15) is 11.0 Å². The first kappa shape index (κ1) is 24.4. The molecule has 3 aromatic rings. The van der Waals surface area contributed by atoms with E-state index < -0.39 is 5.25 Å². The summed E-state index contributed by atoms with van der Waals surface area (Å²) in [6.07, 6.45) is 8.56. The molecule has 0 spiro atoms. The van der Waals surface area contributed by atoms with Crippen molar-refractivity contribution < 1.29 is 14.3 Å². The van der Waals surface area contributed by atoms with Gasteiger partial charge in [-0.05, 0) is 55.2 Å². The van der Waals surface area contributed by atoms with Crippen molar-refractivity contribution in [3.8, 4) is 5.75 Å². The summed E-state index contributed by atoms with van der Waals surface area (Å²) < 4.78 is 5.40. The van der Waals surface area contributed by atoms with Crippen LogP contribution in [0.5, 0.6) is 5.75 Å². The largest absolute Gasteiger partial charge is 0.497 e. The number of aromatic nitrogens is 1. The average Bonchev–Trinajstić information content (AvgIpc) is 3.43. The van der Waals surface area contributed by atoms with Crippen LogP contribution in [0.3, 0.4) is 0 Å². The molecule has 5 rings (SSSR count). The number of methoxy groups -OCH3 is 1. The molecule has 1 aromatic heterocycles. The number of amidine groups is 1. The molecule has 2 aromatic carbocycles. The van der Waals surface area contributed by atoms with Gasteiger partial charge >= 0.3 is 0 Å². The van der Waals surface area contributed by atoms with Crippen LogP contribution >= 0.6 is 11.8 Å². The molecule has 1 atom stereocenters. The Balaban J connectivity index is 1.32. The Labute approximate surface area is 215 Å². The van der Waals surface area contributed by atoms with E-state index in [1.54, 1.807) is 12.0 Å². The Morgan fingerprint density at radius 1 is 1.17 bits per heavy atom. The lowest BCUT2D eigenvalue weighted by molar-refractivity contribution is -0.128. The summed E-state index contributed by atoms with van der Waals surface area (Å²) in [5.41, 5.74) is 2.91. The Morgan fingerprint density at radius 3 is 2.75 bits per heavy atom. The molecule has 1 aliphatic carbocycles. The number of aliphatic imine (C=N–C) groups is 1. The number of H-pyrrole nitrogens is 1. The molecule has 1 saturated carbocycles. The Hall–Kier alpha value is -3.26. The Bertz CT molecular complexity index is 1250. The molecule has 1 aliphatic heterocycles. The maximum atomic E-state index is 13.5. The van der Waals surface area contributed by atoms with Crippen molar-refractivity contribution in [1.29, 1.82) is 0 Å². The number of para-hydroxylation sites is 1. The van der Waals surface area contributed by atoms with Crippen LogP contribution in [0.1, 0.15) is 44.1 Å². The second kappa shape index (κ2) is 11.2.